The third kappa shape index (κ3) is 2.42. The smallest absolute Gasteiger partial charge is 0.322 e. The van der Waals surface area contributed by atoms with Crippen molar-refractivity contribution in [2.75, 3.05) is 23.8 Å². The number of nitrogens with one attached hydrogen (secondary N) is 2. The van der Waals surface area contributed by atoms with Gasteiger partial charge in [-0.3, -0.25) is 4.90 Å². The molecule has 1 fully saturated rings. The molecular formula is C14H21N3O. The second-order valence-corrected chi connectivity index (χ2v) is 5.78. The van der Waals surface area contributed by atoms with Gasteiger partial charge in [0.05, 0.1) is 6.04 Å². The Kier molecular flexibility index (Phi) is 3.20. The predicted molar refractivity (Wildman–Crippen MR) is 75.1 cm³/mol. The van der Waals surface area contributed by atoms with Crippen LogP contribution in [-0.4, -0.2) is 25.7 Å². The Morgan fingerprint density at radius 1 is 1.28 bits per heavy atom. The van der Waals surface area contributed by atoms with Gasteiger partial charge in [-0.15, -0.1) is 0 Å². The Balaban J connectivity index is 2.16. The maximum absolute atomic E-state index is 12.0. The summed E-state index contributed by atoms with van der Waals surface area (Å²) in [4.78, 5) is 13.8. The molecule has 1 aliphatic heterocycles. The molecule has 2 N–H and O–H groups in total. The number of anilines is 2. The SMILES string of the molecule is CNc1ccc(N2CC(C(C)(C)C)NC2=O)cc1. The fraction of sp³-hybridized carbons (Fsp3) is 0.500. The number of carbonyl (C=O) groups is 1. The van der Waals surface area contributed by atoms with E-state index in [-0.39, 0.29) is 17.5 Å². The zero-order valence-electron chi connectivity index (χ0n) is 11.4. The Labute approximate surface area is 108 Å². The Morgan fingerprint density at radius 3 is 2.33 bits per heavy atom. The highest BCUT2D eigenvalue weighted by Gasteiger charge is 2.36. The topological polar surface area (TPSA) is 44.4 Å². The predicted octanol–water partition coefficient (Wildman–Crippen LogP) is 2.67. The average Bonchev–Trinajstić information content (AvgIpc) is 2.71. The molecule has 1 aromatic carbocycles. The Bertz CT molecular complexity index is 433. The molecule has 2 rings (SSSR count). The molecule has 98 valence electrons. The highest BCUT2D eigenvalue weighted by atomic mass is 16.2. The van der Waals surface area contributed by atoms with Gasteiger partial charge in [0.2, 0.25) is 0 Å². The molecule has 1 saturated heterocycles. The van der Waals surface area contributed by atoms with Crippen LogP contribution in [0, 0.1) is 5.41 Å². The van der Waals surface area contributed by atoms with E-state index >= 15 is 0 Å². The maximum Gasteiger partial charge on any atom is 0.322 e. The van der Waals surface area contributed by atoms with Gasteiger partial charge in [0, 0.05) is 25.0 Å². The van der Waals surface area contributed by atoms with Crippen molar-refractivity contribution < 1.29 is 4.79 Å². The van der Waals surface area contributed by atoms with Crippen LogP contribution in [0.4, 0.5) is 16.2 Å². The number of amides is 2. The maximum atomic E-state index is 12.0. The van der Waals surface area contributed by atoms with E-state index in [1.807, 2.05) is 31.3 Å². The van der Waals surface area contributed by atoms with Crippen LogP contribution in [0.3, 0.4) is 0 Å². The molecule has 0 bridgehead atoms. The lowest BCUT2D eigenvalue weighted by atomic mass is 9.87. The van der Waals surface area contributed by atoms with E-state index in [1.165, 1.54) is 0 Å². The summed E-state index contributed by atoms with van der Waals surface area (Å²) in [6, 6.07) is 8.08. The largest absolute Gasteiger partial charge is 0.388 e. The summed E-state index contributed by atoms with van der Waals surface area (Å²) in [6.07, 6.45) is 0. The summed E-state index contributed by atoms with van der Waals surface area (Å²) >= 11 is 0. The first-order valence-electron chi connectivity index (χ1n) is 6.27. The summed E-state index contributed by atoms with van der Waals surface area (Å²) in [5.74, 6) is 0. The number of nitrogens with zero attached hydrogens (tertiary/aromatic N) is 1. The molecule has 0 spiro atoms. The molecule has 18 heavy (non-hydrogen) atoms. The fourth-order valence-corrected chi connectivity index (χ4v) is 2.06. The number of hydrogen-bond donors (Lipinski definition) is 2. The molecule has 1 atom stereocenters. The van der Waals surface area contributed by atoms with Gasteiger partial charge in [-0.2, -0.15) is 0 Å². The molecule has 0 aromatic heterocycles. The minimum atomic E-state index is -0.00728. The van der Waals surface area contributed by atoms with Crippen LogP contribution in [0.15, 0.2) is 24.3 Å². The summed E-state index contributed by atoms with van der Waals surface area (Å²) in [6.45, 7) is 7.16. The normalized spacial score (nSPS) is 19.9. The quantitative estimate of drug-likeness (QED) is 0.844. The molecular weight excluding hydrogens is 226 g/mol. The third-order valence-corrected chi connectivity index (χ3v) is 3.42. The Hall–Kier alpha value is -1.71. The lowest BCUT2D eigenvalue weighted by Crippen LogP contribution is -2.38. The molecule has 0 saturated carbocycles. The summed E-state index contributed by atoms with van der Waals surface area (Å²) < 4.78 is 0. The van der Waals surface area contributed by atoms with Crippen molar-refractivity contribution in [3.63, 3.8) is 0 Å². The minimum absolute atomic E-state index is 0.00728. The van der Waals surface area contributed by atoms with Crippen molar-refractivity contribution in [3.05, 3.63) is 24.3 Å². The van der Waals surface area contributed by atoms with E-state index in [2.05, 4.69) is 31.4 Å². The van der Waals surface area contributed by atoms with Gasteiger partial charge in [0.15, 0.2) is 0 Å². The van der Waals surface area contributed by atoms with Gasteiger partial charge in [0.25, 0.3) is 0 Å². The molecule has 1 heterocycles. The van der Waals surface area contributed by atoms with Crippen LogP contribution >= 0.6 is 0 Å². The average molecular weight is 247 g/mol. The van der Waals surface area contributed by atoms with Gasteiger partial charge in [-0.1, -0.05) is 20.8 Å². The van der Waals surface area contributed by atoms with Crippen molar-refractivity contribution >= 4 is 17.4 Å². The van der Waals surface area contributed by atoms with Gasteiger partial charge in [-0.05, 0) is 29.7 Å². The van der Waals surface area contributed by atoms with Crippen molar-refractivity contribution in [1.29, 1.82) is 0 Å². The first-order valence-corrected chi connectivity index (χ1v) is 6.27. The lowest BCUT2D eigenvalue weighted by Gasteiger charge is -2.26. The number of hydrogen-bond acceptors (Lipinski definition) is 2. The Morgan fingerprint density at radius 2 is 1.89 bits per heavy atom. The van der Waals surface area contributed by atoms with Gasteiger partial charge in [-0.25, -0.2) is 4.79 Å². The van der Waals surface area contributed by atoms with Crippen molar-refractivity contribution in [1.82, 2.24) is 5.32 Å². The number of benzene rings is 1. The standard InChI is InChI=1S/C14H21N3O/c1-14(2,3)12-9-17(13(18)16-12)11-7-5-10(15-4)6-8-11/h5-8,12,15H,9H2,1-4H3,(H,16,18). The molecule has 1 unspecified atom stereocenters. The minimum Gasteiger partial charge on any atom is -0.388 e. The number of urea groups is 1. The molecule has 1 aliphatic rings. The molecule has 4 heteroatoms. The van der Waals surface area contributed by atoms with Crippen molar-refractivity contribution in [2.24, 2.45) is 5.41 Å². The summed E-state index contributed by atoms with van der Waals surface area (Å²) in [7, 11) is 1.88. The first kappa shape index (κ1) is 12.7. The van der Waals surface area contributed by atoms with E-state index in [1.54, 1.807) is 4.90 Å². The molecule has 0 radical (unpaired) electrons. The highest BCUT2D eigenvalue weighted by Crippen LogP contribution is 2.27. The summed E-state index contributed by atoms with van der Waals surface area (Å²) in [5, 5.41) is 6.11. The van der Waals surface area contributed by atoms with Crippen LogP contribution < -0.4 is 15.5 Å². The van der Waals surface area contributed by atoms with Crippen LogP contribution in [0.5, 0.6) is 0 Å². The van der Waals surface area contributed by atoms with E-state index in [9.17, 15) is 4.79 Å². The van der Waals surface area contributed by atoms with Crippen LogP contribution in [0.25, 0.3) is 0 Å². The van der Waals surface area contributed by atoms with Crippen LogP contribution in [0.2, 0.25) is 0 Å². The van der Waals surface area contributed by atoms with E-state index in [4.69, 9.17) is 0 Å². The number of rotatable bonds is 2. The molecule has 0 aliphatic carbocycles. The number of carbonyl (C=O) groups excluding carboxylic acids is 1. The van der Waals surface area contributed by atoms with E-state index in [0.717, 1.165) is 17.9 Å². The first-order chi connectivity index (χ1) is 8.41. The van der Waals surface area contributed by atoms with Crippen molar-refractivity contribution in [3.8, 4) is 0 Å². The molecule has 4 nitrogen and oxygen atoms in total. The van der Waals surface area contributed by atoms with Crippen molar-refractivity contribution in [2.45, 2.75) is 26.8 Å². The monoisotopic (exact) mass is 247 g/mol. The van der Waals surface area contributed by atoms with Gasteiger partial charge < -0.3 is 10.6 Å². The van der Waals surface area contributed by atoms with Gasteiger partial charge in [0.1, 0.15) is 0 Å². The summed E-state index contributed by atoms with van der Waals surface area (Å²) in [5.41, 5.74) is 2.07. The van der Waals surface area contributed by atoms with Gasteiger partial charge >= 0.3 is 6.03 Å². The van der Waals surface area contributed by atoms with E-state index < -0.39 is 0 Å². The zero-order chi connectivity index (χ0) is 13.3. The highest BCUT2D eigenvalue weighted by molar-refractivity contribution is 5.94. The molecule has 1 aromatic rings. The second-order valence-electron chi connectivity index (χ2n) is 5.78. The zero-order valence-corrected chi connectivity index (χ0v) is 11.4. The fourth-order valence-electron chi connectivity index (χ4n) is 2.06. The lowest BCUT2D eigenvalue weighted by molar-refractivity contribution is 0.243. The third-order valence-electron chi connectivity index (χ3n) is 3.42. The second kappa shape index (κ2) is 4.52. The van der Waals surface area contributed by atoms with Crippen LogP contribution in [-0.2, 0) is 0 Å². The molecule has 2 amide bonds. The van der Waals surface area contributed by atoms with Crippen LogP contribution in [0.1, 0.15) is 20.8 Å². The van der Waals surface area contributed by atoms with E-state index in [0.29, 0.717) is 0 Å².